The third-order valence-electron chi connectivity index (χ3n) is 4.36. The molecule has 0 aromatic heterocycles. The first-order valence-corrected chi connectivity index (χ1v) is 8.22. The highest BCUT2D eigenvalue weighted by Crippen LogP contribution is 2.38. The Kier molecular flexibility index (Phi) is 5.14. The van der Waals surface area contributed by atoms with Gasteiger partial charge in [-0.25, -0.2) is 0 Å². The summed E-state index contributed by atoms with van der Waals surface area (Å²) in [6.07, 6.45) is 5.04. The lowest BCUT2D eigenvalue weighted by Crippen LogP contribution is -2.44. The van der Waals surface area contributed by atoms with Crippen LogP contribution in [-0.2, 0) is 6.42 Å². The normalized spacial score (nSPS) is 27.2. The van der Waals surface area contributed by atoms with Gasteiger partial charge in [-0.15, -0.1) is 0 Å². The fraction of sp³-hybridized carbons (Fsp3) is 0.667. The Balaban J connectivity index is 1.87. The first kappa shape index (κ1) is 15.9. The maximum absolute atomic E-state index is 5.94. The molecule has 112 valence electrons. The molecule has 2 heteroatoms. The molecule has 0 aliphatic heterocycles. The van der Waals surface area contributed by atoms with Crippen molar-refractivity contribution in [2.24, 2.45) is 11.3 Å². The molecule has 0 radical (unpaired) electrons. The number of rotatable bonds is 4. The summed E-state index contributed by atoms with van der Waals surface area (Å²) in [4.78, 5) is 0. The Hall–Kier alpha value is -0.530. The van der Waals surface area contributed by atoms with Gasteiger partial charge in [0.05, 0.1) is 0 Å². The van der Waals surface area contributed by atoms with Gasteiger partial charge in [0.25, 0.3) is 0 Å². The minimum atomic E-state index is 0.481. The van der Waals surface area contributed by atoms with Gasteiger partial charge in [-0.2, -0.15) is 0 Å². The van der Waals surface area contributed by atoms with Gasteiger partial charge in [-0.3, -0.25) is 0 Å². The predicted molar refractivity (Wildman–Crippen MR) is 88.3 cm³/mol. The second-order valence-corrected chi connectivity index (χ2v) is 7.94. The van der Waals surface area contributed by atoms with Crippen molar-refractivity contribution in [3.05, 3.63) is 34.9 Å². The number of nitrogens with one attached hydrogen (secondary N) is 1. The van der Waals surface area contributed by atoms with Gasteiger partial charge < -0.3 is 5.32 Å². The minimum Gasteiger partial charge on any atom is -0.311 e. The fourth-order valence-corrected chi connectivity index (χ4v) is 4.03. The predicted octanol–water partition coefficient (Wildman–Crippen LogP) is 5.08. The largest absolute Gasteiger partial charge is 0.311 e. The van der Waals surface area contributed by atoms with E-state index in [0.29, 0.717) is 17.5 Å². The molecule has 1 aromatic carbocycles. The van der Waals surface area contributed by atoms with Gasteiger partial charge in [0.2, 0.25) is 0 Å². The van der Waals surface area contributed by atoms with Gasteiger partial charge in [-0.05, 0) is 61.6 Å². The highest BCUT2D eigenvalue weighted by atomic mass is 35.5. The molecule has 0 spiro atoms. The van der Waals surface area contributed by atoms with Gasteiger partial charge in [0.15, 0.2) is 0 Å². The van der Waals surface area contributed by atoms with Gasteiger partial charge in [0, 0.05) is 17.1 Å². The van der Waals surface area contributed by atoms with E-state index in [2.05, 4.69) is 45.1 Å². The number of benzene rings is 1. The zero-order chi connectivity index (χ0) is 14.8. The van der Waals surface area contributed by atoms with E-state index in [-0.39, 0.29) is 0 Å². The summed E-state index contributed by atoms with van der Waals surface area (Å²) in [6, 6.07) is 9.41. The van der Waals surface area contributed by atoms with Crippen LogP contribution in [0.1, 0.15) is 52.5 Å². The Labute approximate surface area is 129 Å². The zero-order valence-corrected chi connectivity index (χ0v) is 14.0. The van der Waals surface area contributed by atoms with Crippen LogP contribution >= 0.6 is 11.6 Å². The third kappa shape index (κ3) is 4.79. The average molecular weight is 294 g/mol. The van der Waals surface area contributed by atoms with Crippen LogP contribution < -0.4 is 5.32 Å². The lowest BCUT2D eigenvalue weighted by atomic mass is 9.70. The van der Waals surface area contributed by atoms with Crippen molar-refractivity contribution in [3.63, 3.8) is 0 Å². The van der Waals surface area contributed by atoms with E-state index >= 15 is 0 Å². The average Bonchev–Trinajstić information content (AvgIpc) is 2.29. The van der Waals surface area contributed by atoms with Crippen LogP contribution in [0.25, 0.3) is 0 Å². The van der Waals surface area contributed by atoms with E-state index < -0.39 is 0 Å². The molecule has 1 nitrogen and oxygen atoms in total. The molecule has 2 rings (SSSR count). The van der Waals surface area contributed by atoms with Crippen LogP contribution in [-0.4, -0.2) is 12.1 Å². The van der Waals surface area contributed by atoms with E-state index in [4.69, 9.17) is 11.6 Å². The van der Waals surface area contributed by atoms with E-state index in [9.17, 15) is 0 Å². The molecule has 0 amide bonds. The highest BCUT2D eigenvalue weighted by molar-refractivity contribution is 6.30. The molecule has 1 aliphatic carbocycles. The molecule has 1 saturated carbocycles. The highest BCUT2D eigenvalue weighted by Gasteiger charge is 2.32. The summed E-state index contributed by atoms with van der Waals surface area (Å²) < 4.78 is 0. The van der Waals surface area contributed by atoms with Crippen molar-refractivity contribution >= 4 is 11.6 Å². The molecule has 1 aliphatic rings. The summed E-state index contributed by atoms with van der Waals surface area (Å²) in [5, 5.41) is 4.65. The van der Waals surface area contributed by atoms with Gasteiger partial charge in [0.1, 0.15) is 0 Å². The minimum absolute atomic E-state index is 0.481. The molecule has 1 fully saturated rings. The molecule has 20 heavy (non-hydrogen) atoms. The molecular weight excluding hydrogens is 266 g/mol. The molecule has 1 aromatic rings. The molecule has 0 bridgehead atoms. The van der Waals surface area contributed by atoms with Crippen LogP contribution in [0, 0.1) is 11.3 Å². The van der Waals surface area contributed by atoms with Crippen molar-refractivity contribution in [2.45, 2.75) is 65.5 Å². The van der Waals surface area contributed by atoms with Crippen molar-refractivity contribution in [2.75, 3.05) is 0 Å². The molecule has 1 N–H and O–H groups in total. The molecule has 0 heterocycles. The Morgan fingerprint density at radius 2 is 1.90 bits per heavy atom. The summed E-state index contributed by atoms with van der Waals surface area (Å²) in [5.74, 6) is 0.832. The molecule has 0 saturated heterocycles. The Bertz CT molecular complexity index is 424. The first-order chi connectivity index (χ1) is 9.34. The first-order valence-electron chi connectivity index (χ1n) is 7.84. The monoisotopic (exact) mass is 293 g/mol. The third-order valence-corrected chi connectivity index (χ3v) is 4.61. The summed E-state index contributed by atoms with van der Waals surface area (Å²) in [5.41, 5.74) is 1.84. The van der Waals surface area contributed by atoms with Crippen LogP contribution in [0.3, 0.4) is 0 Å². The second-order valence-electron chi connectivity index (χ2n) is 7.51. The van der Waals surface area contributed by atoms with Crippen molar-refractivity contribution in [3.8, 4) is 0 Å². The quantitative estimate of drug-likeness (QED) is 0.817. The fourth-order valence-electron chi connectivity index (χ4n) is 3.91. The molecule has 3 unspecified atom stereocenters. The topological polar surface area (TPSA) is 12.0 Å². The number of halogens is 1. The Morgan fingerprint density at radius 3 is 2.50 bits per heavy atom. The second kappa shape index (κ2) is 6.49. The zero-order valence-electron chi connectivity index (χ0n) is 13.2. The van der Waals surface area contributed by atoms with Crippen LogP contribution in [0.15, 0.2) is 24.3 Å². The molecule has 3 atom stereocenters. The van der Waals surface area contributed by atoms with Crippen LogP contribution in [0.4, 0.5) is 0 Å². The van der Waals surface area contributed by atoms with Crippen molar-refractivity contribution in [1.29, 1.82) is 0 Å². The lowest BCUT2D eigenvalue weighted by Gasteiger charge is -2.40. The van der Waals surface area contributed by atoms with E-state index in [0.717, 1.165) is 17.4 Å². The maximum Gasteiger partial charge on any atom is 0.0406 e. The van der Waals surface area contributed by atoms with Crippen molar-refractivity contribution < 1.29 is 0 Å². The SMILES string of the molecule is CC1CC(NC(C)Cc2ccc(Cl)cc2)CC(C)(C)C1. The molecular formula is C18H28ClN. The number of hydrogen-bond donors (Lipinski definition) is 1. The van der Waals surface area contributed by atoms with Crippen LogP contribution in [0.2, 0.25) is 5.02 Å². The van der Waals surface area contributed by atoms with E-state index in [1.165, 1.54) is 24.8 Å². The summed E-state index contributed by atoms with van der Waals surface area (Å²) in [6.45, 7) is 9.49. The summed E-state index contributed by atoms with van der Waals surface area (Å²) >= 11 is 5.94. The Morgan fingerprint density at radius 1 is 1.25 bits per heavy atom. The van der Waals surface area contributed by atoms with Crippen molar-refractivity contribution in [1.82, 2.24) is 5.32 Å². The van der Waals surface area contributed by atoms with Gasteiger partial charge >= 0.3 is 0 Å². The lowest BCUT2D eigenvalue weighted by molar-refractivity contribution is 0.145. The van der Waals surface area contributed by atoms with Crippen LogP contribution in [0.5, 0.6) is 0 Å². The van der Waals surface area contributed by atoms with E-state index in [1.807, 2.05) is 12.1 Å². The number of hydrogen-bond acceptors (Lipinski definition) is 1. The standard InChI is InChI=1S/C18H28ClN/c1-13-9-17(12-18(3,4)11-13)20-14(2)10-15-5-7-16(19)8-6-15/h5-8,13-14,17,20H,9-12H2,1-4H3. The smallest absolute Gasteiger partial charge is 0.0406 e. The maximum atomic E-state index is 5.94. The summed E-state index contributed by atoms with van der Waals surface area (Å²) in [7, 11) is 0. The van der Waals surface area contributed by atoms with Gasteiger partial charge in [-0.1, -0.05) is 44.5 Å². The van der Waals surface area contributed by atoms with E-state index in [1.54, 1.807) is 0 Å².